The van der Waals surface area contributed by atoms with Gasteiger partial charge in [-0.25, -0.2) is 0 Å². The van der Waals surface area contributed by atoms with Gasteiger partial charge in [0.1, 0.15) is 0 Å². The summed E-state index contributed by atoms with van der Waals surface area (Å²) >= 11 is -3.29. The van der Waals surface area contributed by atoms with Crippen LogP contribution in [-0.4, -0.2) is 18.4 Å². The van der Waals surface area contributed by atoms with Crippen LogP contribution in [0.3, 0.4) is 0 Å². The fourth-order valence-corrected chi connectivity index (χ4v) is 14.9. The molecule has 3 aromatic carbocycles. The first-order valence-electron chi connectivity index (χ1n) is 9.39. The Balaban J connectivity index is 2.26. The maximum atomic E-state index is 3.35. The van der Waals surface area contributed by atoms with E-state index >= 15 is 0 Å². The molecule has 0 aliphatic heterocycles. The predicted octanol–water partition coefficient (Wildman–Crippen LogP) is 4.30. The molecule has 3 aromatic rings. The number of rotatable bonds is 4. The summed E-state index contributed by atoms with van der Waals surface area (Å²) in [6.45, 7) is 6.45. The SMILES string of the molecule is CC(C)(C)C#CC=[CH][Sn]([c]1ccccc1)([c]1ccccc1)[c]1ccccc1. The summed E-state index contributed by atoms with van der Waals surface area (Å²) in [5, 5.41) is 0. The van der Waals surface area contributed by atoms with Crippen molar-refractivity contribution in [2.24, 2.45) is 5.41 Å². The summed E-state index contributed by atoms with van der Waals surface area (Å²) in [4.78, 5) is 0. The Kier molecular flexibility index (Phi) is 6.24. The van der Waals surface area contributed by atoms with E-state index in [1.807, 2.05) is 0 Å². The van der Waals surface area contributed by atoms with Gasteiger partial charge in [0.25, 0.3) is 0 Å². The molecular weight excluding hydrogens is 431 g/mol. The first-order chi connectivity index (χ1) is 13.0. The molecule has 0 fully saturated rings. The van der Waals surface area contributed by atoms with Crippen LogP contribution in [0, 0.1) is 17.3 Å². The number of hydrogen-bond donors (Lipinski definition) is 0. The van der Waals surface area contributed by atoms with Gasteiger partial charge in [-0.1, -0.05) is 0 Å². The van der Waals surface area contributed by atoms with Crippen molar-refractivity contribution in [1.82, 2.24) is 0 Å². The van der Waals surface area contributed by atoms with Crippen molar-refractivity contribution in [2.75, 3.05) is 0 Å². The Morgan fingerprint density at radius 1 is 0.630 bits per heavy atom. The third-order valence-electron chi connectivity index (χ3n) is 4.55. The molecule has 27 heavy (non-hydrogen) atoms. The van der Waals surface area contributed by atoms with Gasteiger partial charge >= 0.3 is 168 Å². The van der Waals surface area contributed by atoms with Crippen LogP contribution < -0.4 is 10.7 Å². The van der Waals surface area contributed by atoms with Gasteiger partial charge in [0.05, 0.1) is 0 Å². The number of benzene rings is 3. The molecule has 3 rings (SSSR count). The molecule has 134 valence electrons. The summed E-state index contributed by atoms with van der Waals surface area (Å²) in [5.74, 6) is 6.66. The maximum absolute atomic E-state index is 3.35. The van der Waals surface area contributed by atoms with Crippen LogP contribution in [0.25, 0.3) is 0 Å². The Bertz CT molecular complexity index is 840. The van der Waals surface area contributed by atoms with Crippen LogP contribution in [0.15, 0.2) is 101 Å². The summed E-state index contributed by atoms with van der Waals surface area (Å²) in [5.41, 5.74) is 0.00869. The van der Waals surface area contributed by atoms with Crippen molar-refractivity contribution in [1.29, 1.82) is 0 Å². The van der Waals surface area contributed by atoms with Crippen molar-refractivity contribution in [2.45, 2.75) is 20.8 Å². The monoisotopic (exact) mass is 458 g/mol. The molecule has 0 nitrogen and oxygen atoms in total. The summed E-state index contributed by atoms with van der Waals surface area (Å²) in [7, 11) is 0. The molecule has 0 bridgehead atoms. The van der Waals surface area contributed by atoms with Crippen LogP contribution in [0.1, 0.15) is 20.8 Å². The van der Waals surface area contributed by atoms with Crippen molar-refractivity contribution in [3.05, 3.63) is 101 Å². The van der Waals surface area contributed by atoms with Gasteiger partial charge in [-0.3, -0.25) is 0 Å². The van der Waals surface area contributed by atoms with Crippen LogP contribution in [0.2, 0.25) is 0 Å². The van der Waals surface area contributed by atoms with Crippen LogP contribution in [0.5, 0.6) is 0 Å². The molecule has 0 aliphatic rings. The summed E-state index contributed by atoms with van der Waals surface area (Å²) in [6.07, 6.45) is 2.11. The molecule has 0 unspecified atom stereocenters. The van der Waals surface area contributed by atoms with Gasteiger partial charge in [-0.05, 0) is 0 Å². The zero-order chi connectivity index (χ0) is 19.2. The summed E-state index contributed by atoms with van der Waals surface area (Å²) in [6, 6.07) is 33.0. The Morgan fingerprint density at radius 3 is 1.33 bits per heavy atom. The molecule has 0 heterocycles. The van der Waals surface area contributed by atoms with Gasteiger partial charge in [-0.15, -0.1) is 0 Å². The molecule has 0 saturated carbocycles. The second-order valence-corrected chi connectivity index (χ2v) is 18.3. The van der Waals surface area contributed by atoms with Crippen molar-refractivity contribution >= 4 is 29.1 Å². The molecule has 0 saturated heterocycles. The van der Waals surface area contributed by atoms with Crippen LogP contribution in [0.4, 0.5) is 0 Å². The summed E-state index contributed by atoms with van der Waals surface area (Å²) < 4.78 is 6.78. The predicted molar refractivity (Wildman–Crippen MR) is 120 cm³/mol. The van der Waals surface area contributed by atoms with Gasteiger partial charge in [0, 0.05) is 0 Å². The third-order valence-corrected chi connectivity index (χ3v) is 17.1. The van der Waals surface area contributed by atoms with E-state index in [1.54, 1.807) is 0 Å². The molecule has 1 heteroatoms. The van der Waals surface area contributed by atoms with Gasteiger partial charge in [0.2, 0.25) is 0 Å². The number of allylic oxidation sites excluding steroid dienone is 1. The average molecular weight is 457 g/mol. The van der Waals surface area contributed by atoms with Gasteiger partial charge < -0.3 is 0 Å². The van der Waals surface area contributed by atoms with Crippen LogP contribution >= 0.6 is 0 Å². The Morgan fingerprint density at radius 2 is 1.00 bits per heavy atom. The quantitative estimate of drug-likeness (QED) is 0.405. The van der Waals surface area contributed by atoms with E-state index < -0.39 is 18.4 Å². The second-order valence-electron chi connectivity index (χ2n) is 7.76. The molecule has 0 aliphatic carbocycles. The van der Waals surface area contributed by atoms with E-state index in [4.69, 9.17) is 0 Å². The molecule has 0 N–H and O–H groups in total. The fraction of sp³-hybridized carbons (Fsp3) is 0.154. The zero-order valence-corrected chi connectivity index (χ0v) is 19.2. The normalized spacial score (nSPS) is 11.8. The minimum absolute atomic E-state index is 0.00869. The van der Waals surface area contributed by atoms with E-state index in [9.17, 15) is 0 Å². The third kappa shape index (κ3) is 4.73. The molecular formula is C26H26Sn. The van der Waals surface area contributed by atoms with E-state index in [0.29, 0.717) is 0 Å². The minimum atomic E-state index is -3.29. The standard InChI is InChI=1S/C8H11.3C6H5.Sn/c1-5-6-7-8(2,3)4;3*1-2-4-6-5-3-1;/h1,5H,2-4H3;3*1-5H;. The van der Waals surface area contributed by atoms with Crippen molar-refractivity contribution in [3.63, 3.8) is 0 Å². The first kappa shape index (κ1) is 19.5. The fourth-order valence-electron chi connectivity index (χ4n) is 3.32. The van der Waals surface area contributed by atoms with Gasteiger partial charge in [-0.2, -0.15) is 0 Å². The molecule has 0 amide bonds. The van der Waals surface area contributed by atoms with Crippen molar-refractivity contribution in [3.8, 4) is 11.8 Å². The Labute approximate surface area is 167 Å². The zero-order valence-electron chi connectivity index (χ0n) is 16.3. The van der Waals surface area contributed by atoms with E-state index in [2.05, 4.69) is 134 Å². The topological polar surface area (TPSA) is 0 Å². The molecule has 0 aromatic heterocycles. The molecule has 0 atom stereocenters. The number of hydrogen-bond acceptors (Lipinski definition) is 0. The Hall–Kier alpha value is -2.24. The molecule has 0 spiro atoms. The van der Waals surface area contributed by atoms with E-state index in [-0.39, 0.29) is 5.41 Å². The molecule has 0 radical (unpaired) electrons. The second kappa shape index (κ2) is 8.63. The average Bonchev–Trinajstić information content (AvgIpc) is 2.70. The van der Waals surface area contributed by atoms with Gasteiger partial charge in [0.15, 0.2) is 0 Å². The van der Waals surface area contributed by atoms with Crippen LogP contribution in [-0.2, 0) is 0 Å². The van der Waals surface area contributed by atoms with E-state index in [0.717, 1.165) is 0 Å². The van der Waals surface area contributed by atoms with E-state index in [1.165, 1.54) is 10.7 Å². The van der Waals surface area contributed by atoms with Crippen molar-refractivity contribution < 1.29 is 0 Å². The first-order valence-corrected chi connectivity index (χ1v) is 15.3.